The van der Waals surface area contributed by atoms with E-state index < -0.39 is 7.82 Å². The zero-order chi connectivity index (χ0) is 19.7. The van der Waals surface area contributed by atoms with Crippen molar-refractivity contribution in [3.8, 4) is 0 Å². The molecule has 0 saturated carbocycles. The van der Waals surface area contributed by atoms with Gasteiger partial charge in [-0.05, 0) is 24.7 Å². The minimum atomic E-state index is -3.89. The van der Waals surface area contributed by atoms with Gasteiger partial charge in [0.15, 0.2) is 5.96 Å². The fourth-order valence-electron chi connectivity index (χ4n) is 2.23. The van der Waals surface area contributed by atoms with Crippen LogP contribution >= 0.6 is 7.82 Å². The Morgan fingerprint density at radius 1 is 0.960 bits per heavy atom. The van der Waals surface area contributed by atoms with E-state index in [9.17, 15) is 9.46 Å². The molecule has 6 N–H and O–H groups in total. The molecule has 0 radical (unpaired) electrons. The monoisotopic (exact) mass is 381 g/mol. The lowest BCUT2D eigenvalue weighted by Crippen LogP contribution is -2.20. The zero-order valence-corrected chi connectivity index (χ0v) is 17.4. The van der Waals surface area contributed by atoms with Gasteiger partial charge in [0.1, 0.15) is 0 Å². The molecule has 0 saturated heterocycles. The van der Waals surface area contributed by atoms with Crippen molar-refractivity contribution in [2.45, 2.75) is 79.1 Å². The average molecular weight is 381 g/mol. The Morgan fingerprint density at radius 2 is 1.28 bits per heavy atom. The number of unbranched alkanes of at least 4 members (excludes halogenated alkanes) is 2. The minimum absolute atomic E-state index is 0.316. The van der Waals surface area contributed by atoms with Gasteiger partial charge in [0.05, 0.1) is 13.2 Å². The largest absolute Gasteiger partial charge is 0.472 e. The zero-order valence-electron chi connectivity index (χ0n) is 16.5. The molecule has 152 valence electrons. The van der Waals surface area contributed by atoms with E-state index in [2.05, 4.69) is 39.2 Å². The van der Waals surface area contributed by atoms with Gasteiger partial charge >= 0.3 is 7.82 Å². The van der Waals surface area contributed by atoms with E-state index in [0.29, 0.717) is 25.0 Å². The van der Waals surface area contributed by atoms with Crippen molar-refractivity contribution in [1.29, 1.82) is 5.41 Å². The normalized spacial score (nSPS) is 15.6. The standard InChI is InChI=1S/C16H35O4P.CH5N3/c1-5-9-11-15(7-3)13-19-21(17,18)20-14-16(8-4)12-10-6-2;2-1(3)4/h15-16H,5-14H2,1-4H3,(H,17,18);(H5,2,3,4). The van der Waals surface area contributed by atoms with E-state index >= 15 is 0 Å². The van der Waals surface area contributed by atoms with Gasteiger partial charge in [0.25, 0.3) is 0 Å². The third-order valence-corrected chi connectivity index (χ3v) is 4.98. The highest BCUT2D eigenvalue weighted by Crippen LogP contribution is 2.44. The summed E-state index contributed by atoms with van der Waals surface area (Å²) in [7, 11) is -3.89. The molecule has 0 bridgehead atoms. The molecule has 0 aliphatic heterocycles. The van der Waals surface area contributed by atoms with Crippen molar-refractivity contribution in [2.75, 3.05) is 13.2 Å². The molecule has 0 amide bonds. The molecule has 0 aromatic rings. The molecule has 0 rings (SSSR count). The Bertz CT molecular complexity index is 342. The van der Waals surface area contributed by atoms with Crippen molar-refractivity contribution in [3.63, 3.8) is 0 Å². The summed E-state index contributed by atoms with van der Waals surface area (Å²) in [5.41, 5.74) is 8.94. The van der Waals surface area contributed by atoms with Crippen LogP contribution in [0.15, 0.2) is 0 Å². The van der Waals surface area contributed by atoms with E-state index in [1.54, 1.807) is 0 Å². The van der Waals surface area contributed by atoms with Crippen LogP contribution < -0.4 is 11.5 Å². The Kier molecular flexibility index (Phi) is 17.9. The van der Waals surface area contributed by atoms with Crippen LogP contribution in [0.5, 0.6) is 0 Å². The lowest BCUT2D eigenvalue weighted by Gasteiger charge is -2.20. The molecular weight excluding hydrogens is 341 g/mol. The van der Waals surface area contributed by atoms with Crippen LogP contribution in [0, 0.1) is 17.2 Å². The first kappa shape index (κ1) is 26.6. The molecule has 8 heteroatoms. The first-order valence-corrected chi connectivity index (χ1v) is 10.9. The molecule has 0 spiro atoms. The number of hydrogen-bond acceptors (Lipinski definition) is 4. The molecule has 25 heavy (non-hydrogen) atoms. The van der Waals surface area contributed by atoms with Crippen molar-refractivity contribution in [1.82, 2.24) is 0 Å². The maximum absolute atomic E-state index is 11.9. The Hall–Kier alpha value is -0.620. The number of phosphoric acid groups is 1. The average Bonchev–Trinajstić information content (AvgIpc) is 2.54. The lowest BCUT2D eigenvalue weighted by molar-refractivity contribution is 0.110. The van der Waals surface area contributed by atoms with Gasteiger partial charge < -0.3 is 16.4 Å². The molecular formula is C17H40N3O4P. The van der Waals surface area contributed by atoms with E-state index in [1.807, 2.05) is 0 Å². The SMILES string of the molecule is CCCCC(CC)COP(=O)(O)OCC(CC)CCCC.N=C(N)N. The third-order valence-electron chi connectivity index (χ3n) is 4.03. The topological polar surface area (TPSA) is 132 Å². The number of nitrogens with one attached hydrogen (secondary N) is 1. The Balaban J connectivity index is 0. The number of nitrogens with two attached hydrogens (primary N) is 2. The predicted octanol–water partition coefficient (Wildman–Crippen LogP) is 4.39. The second-order valence-corrected chi connectivity index (χ2v) is 7.80. The molecule has 2 unspecified atom stereocenters. The maximum atomic E-state index is 11.9. The summed E-state index contributed by atoms with van der Waals surface area (Å²) < 4.78 is 22.2. The minimum Gasteiger partial charge on any atom is -0.370 e. The summed E-state index contributed by atoms with van der Waals surface area (Å²) >= 11 is 0. The van der Waals surface area contributed by atoms with Gasteiger partial charge in [-0.3, -0.25) is 14.5 Å². The third kappa shape index (κ3) is 19.6. The van der Waals surface area contributed by atoms with Crippen LogP contribution in [-0.2, 0) is 13.6 Å². The summed E-state index contributed by atoms with van der Waals surface area (Å²) in [5.74, 6) is 0.354. The van der Waals surface area contributed by atoms with Crippen LogP contribution in [0.1, 0.15) is 79.1 Å². The summed E-state index contributed by atoms with van der Waals surface area (Å²) in [4.78, 5) is 9.77. The first-order valence-electron chi connectivity index (χ1n) is 9.43. The van der Waals surface area contributed by atoms with Crippen LogP contribution in [0.3, 0.4) is 0 Å². The number of hydrogen-bond donors (Lipinski definition) is 4. The second-order valence-electron chi connectivity index (χ2n) is 6.35. The van der Waals surface area contributed by atoms with Gasteiger partial charge in [0, 0.05) is 0 Å². The van der Waals surface area contributed by atoms with Crippen LogP contribution in [0.2, 0.25) is 0 Å². The maximum Gasteiger partial charge on any atom is 0.472 e. The van der Waals surface area contributed by atoms with Gasteiger partial charge in [-0.15, -0.1) is 0 Å². The Morgan fingerprint density at radius 3 is 1.52 bits per heavy atom. The van der Waals surface area contributed by atoms with Crippen molar-refractivity contribution < 1.29 is 18.5 Å². The first-order chi connectivity index (χ1) is 11.7. The van der Waals surface area contributed by atoms with Crippen LogP contribution in [0.25, 0.3) is 0 Å². The summed E-state index contributed by atoms with van der Waals surface area (Å²) in [6.45, 7) is 9.10. The van der Waals surface area contributed by atoms with E-state index in [-0.39, 0.29) is 5.96 Å². The van der Waals surface area contributed by atoms with Crippen molar-refractivity contribution >= 4 is 13.8 Å². The molecule has 0 aromatic carbocycles. The molecule has 0 aromatic heterocycles. The fraction of sp³-hybridized carbons (Fsp3) is 0.941. The highest BCUT2D eigenvalue weighted by atomic mass is 31.2. The fourth-order valence-corrected chi connectivity index (χ4v) is 3.11. The summed E-state index contributed by atoms with van der Waals surface area (Å²) in [5, 5.41) is 6.06. The van der Waals surface area contributed by atoms with Gasteiger partial charge in [-0.2, -0.15) is 0 Å². The molecule has 7 nitrogen and oxygen atoms in total. The van der Waals surface area contributed by atoms with Gasteiger partial charge in [-0.25, -0.2) is 4.57 Å². The lowest BCUT2D eigenvalue weighted by atomic mass is 10.0. The van der Waals surface area contributed by atoms with Crippen LogP contribution in [0.4, 0.5) is 0 Å². The number of guanidine groups is 1. The smallest absolute Gasteiger partial charge is 0.370 e. The number of rotatable bonds is 14. The second kappa shape index (κ2) is 16.8. The van der Waals surface area contributed by atoms with E-state index in [0.717, 1.165) is 51.4 Å². The number of phosphoric ester groups is 1. The quantitative estimate of drug-likeness (QED) is 0.200. The molecule has 2 atom stereocenters. The van der Waals surface area contributed by atoms with Gasteiger partial charge in [-0.1, -0.05) is 66.2 Å². The van der Waals surface area contributed by atoms with E-state index in [4.69, 9.17) is 14.5 Å². The van der Waals surface area contributed by atoms with Gasteiger partial charge in [0.2, 0.25) is 0 Å². The molecule has 0 heterocycles. The summed E-state index contributed by atoms with van der Waals surface area (Å²) in [6.07, 6.45) is 8.56. The molecule has 0 fully saturated rings. The highest BCUT2D eigenvalue weighted by molar-refractivity contribution is 7.47. The molecule has 0 aliphatic carbocycles. The Labute approximate surface area is 154 Å². The predicted molar refractivity (Wildman–Crippen MR) is 104 cm³/mol. The molecule has 0 aliphatic rings. The summed E-state index contributed by atoms with van der Waals surface area (Å²) in [6, 6.07) is 0. The highest BCUT2D eigenvalue weighted by Gasteiger charge is 2.24. The van der Waals surface area contributed by atoms with Crippen molar-refractivity contribution in [3.05, 3.63) is 0 Å². The van der Waals surface area contributed by atoms with E-state index in [1.165, 1.54) is 0 Å². The van der Waals surface area contributed by atoms with Crippen molar-refractivity contribution in [2.24, 2.45) is 23.3 Å². The van der Waals surface area contributed by atoms with Crippen LogP contribution in [-0.4, -0.2) is 24.1 Å².